The summed E-state index contributed by atoms with van der Waals surface area (Å²) in [5.41, 5.74) is 3.86. The van der Waals surface area contributed by atoms with Gasteiger partial charge in [-0.05, 0) is 25.3 Å². The zero-order chi connectivity index (χ0) is 24.1. The van der Waals surface area contributed by atoms with E-state index in [-0.39, 0.29) is 33.0 Å². The standard InChI is InChI=1S/C22H19ClF3N5O3/c1-33-22-29-17-10(20(30-22)31-5-2-3-9(32)4-6-31)7-11(23)14(16(17)26)15-12(24)8-13(25)19-18(15)28-21(27)34-19/h7-9,32H,2-6H2,1H3,(H2,27,28). The molecule has 1 aliphatic rings. The molecule has 5 rings (SSSR count). The first kappa shape index (κ1) is 22.5. The largest absolute Gasteiger partial charge is 0.467 e. The van der Waals surface area contributed by atoms with E-state index >= 15 is 4.39 Å². The summed E-state index contributed by atoms with van der Waals surface area (Å²) in [5, 5.41) is 10.1. The number of anilines is 2. The Kier molecular flexibility index (Phi) is 5.61. The fraction of sp³-hybridized carbons (Fsp3) is 0.318. The van der Waals surface area contributed by atoms with E-state index in [1.807, 2.05) is 4.90 Å². The third-order valence-corrected chi connectivity index (χ3v) is 6.16. The number of oxazole rings is 1. The molecule has 2 aromatic carbocycles. The van der Waals surface area contributed by atoms with Gasteiger partial charge in [0.1, 0.15) is 22.7 Å². The number of benzene rings is 2. The second kappa shape index (κ2) is 8.48. The minimum atomic E-state index is -1.10. The molecule has 1 unspecified atom stereocenters. The molecule has 0 aliphatic carbocycles. The van der Waals surface area contributed by atoms with Crippen molar-refractivity contribution in [3.05, 3.63) is 34.6 Å². The van der Waals surface area contributed by atoms with Gasteiger partial charge in [0, 0.05) is 30.1 Å². The molecule has 0 amide bonds. The highest BCUT2D eigenvalue weighted by Crippen LogP contribution is 2.43. The van der Waals surface area contributed by atoms with Gasteiger partial charge in [0.25, 0.3) is 6.01 Å². The number of methoxy groups -OCH3 is 1. The van der Waals surface area contributed by atoms with Crippen LogP contribution in [0.25, 0.3) is 33.1 Å². The van der Waals surface area contributed by atoms with Crippen molar-refractivity contribution in [3.8, 4) is 17.1 Å². The van der Waals surface area contributed by atoms with Gasteiger partial charge in [0.15, 0.2) is 17.2 Å². The van der Waals surface area contributed by atoms with E-state index in [1.165, 1.54) is 13.2 Å². The number of aliphatic hydroxyl groups is 1. The van der Waals surface area contributed by atoms with Gasteiger partial charge in [-0.1, -0.05) is 11.6 Å². The van der Waals surface area contributed by atoms with Crippen LogP contribution in [0.2, 0.25) is 5.02 Å². The Bertz CT molecular complexity index is 1430. The third-order valence-electron chi connectivity index (χ3n) is 5.86. The van der Waals surface area contributed by atoms with Gasteiger partial charge in [-0.25, -0.2) is 13.2 Å². The Morgan fingerprint density at radius 1 is 1.09 bits per heavy atom. The van der Waals surface area contributed by atoms with Crippen molar-refractivity contribution in [1.29, 1.82) is 0 Å². The molecule has 0 radical (unpaired) electrons. The topological polar surface area (TPSA) is 111 Å². The summed E-state index contributed by atoms with van der Waals surface area (Å²) in [6.45, 7) is 1.04. The smallest absolute Gasteiger partial charge is 0.318 e. The maximum absolute atomic E-state index is 16.0. The number of rotatable bonds is 3. The first-order valence-corrected chi connectivity index (χ1v) is 10.9. The molecule has 1 atom stereocenters. The lowest BCUT2D eigenvalue weighted by molar-refractivity contribution is 0.161. The van der Waals surface area contributed by atoms with Crippen LogP contribution >= 0.6 is 11.6 Å². The normalized spacial score (nSPS) is 16.9. The van der Waals surface area contributed by atoms with Crippen LogP contribution in [-0.4, -0.2) is 46.4 Å². The number of nitrogens with two attached hydrogens (primary N) is 1. The molecule has 34 heavy (non-hydrogen) atoms. The molecule has 1 saturated heterocycles. The Balaban J connectivity index is 1.78. The number of ether oxygens (including phenoxy) is 1. The maximum Gasteiger partial charge on any atom is 0.318 e. The summed E-state index contributed by atoms with van der Waals surface area (Å²) < 4.78 is 55.4. The van der Waals surface area contributed by atoms with Crippen LogP contribution in [0.1, 0.15) is 19.3 Å². The Labute approximate surface area is 196 Å². The van der Waals surface area contributed by atoms with Crippen molar-refractivity contribution in [2.45, 2.75) is 25.4 Å². The second-order valence-corrected chi connectivity index (χ2v) is 8.40. The molecule has 0 saturated carbocycles. The number of aromatic nitrogens is 3. The van der Waals surface area contributed by atoms with Gasteiger partial charge in [-0.2, -0.15) is 15.0 Å². The number of nitrogen functional groups attached to an aromatic ring is 1. The molecule has 0 bridgehead atoms. The van der Waals surface area contributed by atoms with Gasteiger partial charge in [-0.3, -0.25) is 0 Å². The molecule has 1 aliphatic heterocycles. The monoisotopic (exact) mass is 493 g/mol. The Hall–Kier alpha value is -3.31. The van der Waals surface area contributed by atoms with E-state index < -0.39 is 40.7 Å². The predicted octanol–water partition coefficient (Wildman–Crippen LogP) is 4.45. The molecule has 4 aromatic rings. The fourth-order valence-electron chi connectivity index (χ4n) is 4.28. The van der Waals surface area contributed by atoms with Crippen LogP contribution < -0.4 is 15.4 Å². The molecule has 178 valence electrons. The summed E-state index contributed by atoms with van der Waals surface area (Å²) in [4.78, 5) is 14.3. The van der Waals surface area contributed by atoms with Gasteiger partial charge in [0.05, 0.1) is 23.8 Å². The maximum atomic E-state index is 16.0. The van der Waals surface area contributed by atoms with Crippen molar-refractivity contribution in [3.63, 3.8) is 0 Å². The van der Waals surface area contributed by atoms with Crippen LogP contribution in [0.3, 0.4) is 0 Å². The average Bonchev–Trinajstić information content (AvgIpc) is 3.06. The van der Waals surface area contributed by atoms with Gasteiger partial charge >= 0.3 is 6.01 Å². The van der Waals surface area contributed by atoms with Crippen LogP contribution in [-0.2, 0) is 0 Å². The highest BCUT2D eigenvalue weighted by Gasteiger charge is 2.28. The SMILES string of the molecule is COc1nc(N2CCCC(O)CC2)c2cc(Cl)c(-c3c(F)cc(F)c4oc(N)nc34)c(F)c2n1. The molecule has 3 N–H and O–H groups in total. The van der Waals surface area contributed by atoms with Crippen molar-refractivity contribution < 1.29 is 27.4 Å². The van der Waals surface area contributed by atoms with Crippen LogP contribution in [0.5, 0.6) is 6.01 Å². The predicted molar refractivity (Wildman–Crippen MR) is 120 cm³/mol. The van der Waals surface area contributed by atoms with Crippen molar-refractivity contribution >= 4 is 45.4 Å². The summed E-state index contributed by atoms with van der Waals surface area (Å²) in [6.07, 6.45) is 1.41. The first-order valence-electron chi connectivity index (χ1n) is 10.5. The highest BCUT2D eigenvalue weighted by molar-refractivity contribution is 6.35. The van der Waals surface area contributed by atoms with E-state index in [0.29, 0.717) is 44.2 Å². The molecule has 2 aromatic heterocycles. The summed E-state index contributed by atoms with van der Waals surface area (Å²) in [6, 6.07) is 1.46. The van der Waals surface area contributed by atoms with E-state index in [2.05, 4.69) is 15.0 Å². The van der Waals surface area contributed by atoms with E-state index in [4.69, 9.17) is 26.5 Å². The number of nitrogens with zero attached hydrogens (tertiary/aromatic N) is 4. The second-order valence-electron chi connectivity index (χ2n) is 7.99. The van der Waals surface area contributed by atoms with Crippen molar-refractivity contribution in [2.75, 3.05) is 30.8 Å². The fourth-order valence-corrected chi connectivity index (χ4v) is 4.57. The molecule has 3 heterocycles. The molecular weight excluding hydrogens is 475 g/mol. The number of aliphatic hydroxyl groups excluding tert-OH is 1. The highest BCUT2D eigenvalue weighted by atomic mass is 35.5. The molecule has 1 fully saturated rings. The summed E-state index contributed by atoms with van der Waals surface area (Å²) >= 11 is 6.47. The zero-order valence-corrected chi connectivity index (χ0v) is 18.7. The van der Waals surface area contributed by atoms with E-state index in [0.717, 1.165) is 0 Å². The van der Waals surface area contributed by atoms with Gasteiger partial charge < -0.3 is 24.9 Å². The molecule has 8 nitrogen and oxygen atoms in total. The molecule has 12 heteroatoms. The van der Waals surface area contributed by atoms with E-state index in [9.17, 15) is 13.9 Å². The van der Waals surface area contributed by atoms with Crippen molar-refractivity contribution in [1.82, 2.24) is 15.0 Å². The third kappa shape index (κ3) is 3.64. The van der Waals surface area contributed by atoms with Crippen LogP contribution in [0.15, 0.2) is 16.5 Å². The number of hydrogen-bond acceptors (Lipinski definition) is 8. The van der Waals surface area contributed by atoms with Gasteiger partial charge in [-0.15, -0.1) is 0 Å². The summed E-state index contributed by atoms with van der Waals surface area (Å²) in [7, 11) is 1.34. The molecule has 0 spiro atoms. The number of fused-ring (bicyclic) bond motifs is 2. The van der Waals surface area contributed by atoms with Crippen LogP contribution in [0.4, 0.5) is 25.0 Å². The quantitative estimate of drug-likeness (QED) is 0.430. The van der Waals surface area contributed by atoms with E-state index in [1.54, 1.807) is 0 Å². The van der Waals surface area contributed by atoms with Gasteiger partial charge in [0.2, 0.25) is 0 Å². The minimum absolute atomic E-state index is 0.102. The Morgan fingerprint density at radius 2 is 1.88 bits per heavy atom. The summed E-state index contributed by atoms with van der Waals surface area (Å²) in [5.74, 6) is -2.72. The average molecular weight is 494 g/mol. The lowest BCUT2D eigenvalue weighted by Gasteiger charge is -2.24. The Morgan fingerprint density at radius 3 is 2.65 bits per heavy atom. The first-order chi connectivity index (χ1) is 16.3. The van der Waals surface area contributed by atoms with Crippen molar-refractivity contribution in [2.24, 2.45) is 0 Å². The number of hydrogen-bond donors (Lipinski definition) is 2. The molecular formula is C22H19ClF3N5O3. The lowest BCUT2D eigenvalue weighted by atomic mass is 10.00. The minimum Gasteiger partial charge on any atom is -0.467 e. The lowest BCUT2D eigenvalue weighted by Crippen LogP contribution is -2.26. The van der Waals surface area contributed by atoms with Crippen LogP contribution in [0, 0.1) is 17.5 Å². The number of halogens is 4. The zero-order valence-electron chi connectivity index (χ0n) is 17.9.